The molecule has 0 spiro atoms. The van der Waals surface area contributed by atoms with Crippen LogP contribution in [0.4, 0.5) is 0 Å². The molecule has 28 heavy (non-hydrogen) atoms. The molecule has 1 aromatic heterocycles. The van der Waals surface area contributed by atoms with Crippen molar-refractivity contribution in [2.24, 2.45) is 0 Å². The molecule has 0 atom stereocenters. The molecule has 146 valence electrons. The highest BCUT2D eigenvalue weighted by Crippen LogP contribution is 2.31. The summed E-state index contributed by atoms with van der Waals surface area (Å²) in [5.41, 5.74) is 1.87. The third-order valence-corrected chi connectivity index (χ3v) is 7.50. The van der Waals surface area contributed by atoms with E-state index < -0.39 is 10.0 Å². The average Bonchev–Trinajstić information content (AvgIpc) is 3.20. The molecule has 0 N–H and O–H groups in total. The molecule has 0 unspecified atom stereocenters. The second-order valence-electron chi connectivity index (χ2n) is 6.97. The van der Waals surface area contributed by atoms with Crippen LogP contribution in [0.15, 0.2) is 59.8 Å². The molecule has 2 aromatic carbocycles. The number of rotatable bonds is 4. The van der Waals surface area contributed by atoms with E-state index in [9.17, 15) is 8.42 Å². The Morgan fingerprint density at radius 3 is 2.46 bits per heavy atom. The molecule has 0 bridgehead atoms. The van der Waals surface area contributed by atoms with Crippen molar-refractivity contribution in [3.8, 4) is 11.4 Å². The van der Waals surface area contributed by atoms with Crippen LogP contribution >= 0.6 is 11.6 Å². The first-order valence-corrected chi connectivity index (χ1v) is 11.0. The molecular formula is C20H21ClN4O2S. The van der Waals surface area contributed by atoms with E-state index in [4.69, 9.17) is 11.6 Å². The van der Waals surface area contributed by atoms with Gasteiger partial charge in [-0.05, 0) is 37.5 Å². The minimum atomic E-state index is -3.55. The summed E-state index contributed by atoms with van der Waals surface area (Å²) in [5.74, 6) is 0.812. The summed E-state index contributed by atoms with van der Waals surface area (Å²) in [5, 5.41) is 8.80. The molecule has 4 rings (SSSR count). The van der Waals surface area contributed by atoms with Gasteiger partial charge in [-0.2, -0.15) is 4.31 Å². The average molecular weight is 417 g/mol. The van der Waals surface area contributed by atoms with Gasteiger partial charge in [0, 0.05) is 29.7 Å². The summed E-state index contributed by atoms with van der Waals surface area (Å²) in [4.78, 5) is 0.246. The Bertz CT molecular complexity index is 1070. The van der Waals surface area contributed by atoms with Crippen molar-refractivity contribution in [3.05, 3.63) is 65.4 Å². The molecule has 0 radical (unpaired) electrons. The Balaban J connectivity index is 1.51. The second-order valence-corrected chi connectivity index (χ2v) is 9.32. The monoisotopic (exact) mass is 416 g/mol. The molecule has 3 aromatic rings. The van der Waals surface area contributed by atoms with E-state index in [1.165, 1.54) is 10.4 Å². The van der Waals surface area contributed by atoms with E-state index in [0.29, 0.717) is 31.0 Å². The van der Waals surface area contributed by atoms with Gasteiger partial charge in [-0.3, -0.25) is 0 Å². The molecule has 6 nitrogen and oxygen atoms in total. The smallest absolute Gasteiger partial charge is 0.243 e. The van der Waals surface area contributed by atoms with E-state index in [0.717, 1.165) is 17.0 Å². The molecular weight excluding hydrogens is 396 g/mol. The van der Waals surface area contributed by atoms with E-state index in [2.05, 4.69) is 14.8 Å². The zero-order chi connectivity index (χ0) is 19.7. The fourth-order valence-corrected chi connectivity index (χ4v) is 5.29. The van der Waals surface area contributed by atoms with Crippen LogP contribution in [0, 0.1) is 6.92 Å². The van der Waals surface area contributed by atoms with Gasteiger partial charge in [-0.15, -0.1) is 10.2 Å². The molecule has 1 aliphatic rings. The maximum absolute atomic E-state index is 13.0. The van der Waals surface area contributed by atoms with Crippen molar-refractivity contribution in [2.45, 2.75) is 30.7 Å². The summed E-state index contributed by atoms with van der Waals surface area (Å²) in [6, 6.07) is 15.0. The standard InChI is InChI=1S/C20H21ClN4O2S/c1-15-7-8-18(13-19(15)21)28(26,27)24-11-9-17(10-12-24)25-14-22-23-20(25)16-5-3-2-4-6-16/h2-8,13-14,17H,9-12H2,1H3. The van der Waals surface area contributed by atoms with Gasteiger partial charge in [0.2, 0.25) is 10.0 Å². The Labute approximate surface area is 169 Å². The van der Waals surface area contributed by atoms with Crippen LogP contribution in [-0.4, -0.2) is 40.6 Å². The van der Waals surface area contributed by atoms with Gasteiger partial charge in [0.05, 0.1) is 4.90 Å². The highest BCUT2D eigenvalue weighted by Gasteiger charge is 2.31. The minimum Gasteiger partial charge on any atom is -0.310 e. The summed E-state index contributed by atoms with van der Waals surface area (Å²) in [7, 11) is -3.55. The van der Waals surface area contributed by atoms with Crippen LogP contribution in [0.2, 0.25) is 5.02 Å². The lowest BCUT2D eigenvalue weighted by Crippen LogP contribution is -2.39. The molecule has 0 amide bonds. The highest BCUT2D eigenvalue weighted by atomic mass is 35.5. The molecule has 0 aliphatic carbocycles. The second kappa shape index (κ2) is 7.66. The molecule has 0 saturated carbocycles. The highest BCUT2D eigenvalue weighted by molar-refractivity contribution is 7.89. The topological polar surface area (TPSA) is 68.1 Å². The van der Waals surface area contributed by atoms with Crippen molar-refractivity contribution < 1.29 is 8.42 Å². The number of hydrogen-bond acceptors (Lipinski definition) is 4. The van der Waals surface area contributed by atoms with Gasteiger partial charge < -0.3 is 4.57 Å². The van der Waals surface area contributed by atoms with Crippen LogP contribution in [0.3, 0.4) is 0 Å². The van der Waals surface area contributed by atoms with Crippen molar-refractivity contribution >= 4 is 21.6 Å². The predicted octanol–water partition coefficient (Wildman–Crippen LogP) is 3.93. The lowest BCUT2D eigenvalue weighted by atomic mass is 10.1. The first-order valence-electron chi connectivity index (χ1n) is 9.18. The maximum atomic E-state index is 13.0. The van der Waals surface area contributed by atoms with E-state index >= 15 is 0 Å². The third kappa shape index (κ3) is 3.57. The zero-order valence-corrected chi connectivity index (χ0v) is 17.1. The number of halogens is 1. The summed E-state index contributed by atoms with van der Waals surface area (Å²) >= 11 is 6.12. The first kappa shape index (κ1) is 19.1. The number of benzene rings is 2. The van der Waals surface area contributed by atoms with E-state index in [-0.39, 0.29) is 10.9 Å². The lowest BCUT2D eigenvalue weighted by molar-refractivity contribution is 0.275. The Hall–Kier alpha value is -2.22. The van der Waals surface area contributed by atoms with Crippen molar-refractivity contribution in [1.29, 1.82) is 0 Å². The number of piperidine rings is 1. The Kier molecular flexibility index (Phi) is 5.23. The van der Waals surface area contributed by atoms with Crippen LogP contribution < -0.4 is 0 Å². The first-order chi connectivity index (χ1) is 13.5. The number of nitrogens with zero attached hydrogens (tertiary/aromatic N) is 4. The minimum absolute atomic E-state index is 0.165. The maximum Gasteiger partial charge on any atom is 0.243 e. The van der Waals surface area contributed by atoms with Crippen LogP contribution in [0.5, 0.6) is 0 Å². The Morgan fingerprint density at radius 1 is 1.07 bits per heavy atom. The molecule has 1 fully saturated rings. The summed E-state index contributed by atoms with van der Waals surface area (Å²) in [6.45, 7) is 2.75. The van der Waals surface area contributed by atoms with Gasteiger partial charge in [0.1, 0.15) is 6.33 Å². The number of aromatic nitrogens is 3. The predicted molar refractivity (Wildman–Crippen MR) is 109 cm³/mol. The molecule has 8 heteroatoms. The van der Waals surface area contributed by atoms with Crippen molar-refractivity contribution in [2.75, 3.05) is 13.1 Å². The molecule has 2 heterocycles. The Morgan fingerprint density at radius 2 is 1.79 bits per heavy atom. The molecule has 1 aliphatic heterocycles. The molecule has 1 saturated heterocycles. The van der Waals surface area contributed by atoms with Crippen LogP contribution in [-0.2, 0) is 10.0 Å². The van der Waals surface area contributed by atoms with Crippen molar-refractivity contribution in [1.82, 2.24) is 19.1 Å². The van der Waals surface area contributed by atoms with Gasteiger partial charge >= 0.3 is 0 Å². The summed E-state index contributed by atoms with van der Waals surface area (Å²) < 4.78 is 29.5. The van der Waals surface area contributed by atoms with E-state index in [1.54, 1.807) is 18.5 Å². The van der Waals surface area contributed by atoms with Gasteiger partial charge in [0.25, 0.3) is 0 Å². The van der Waals surface area contributed by atoms with Gasteiger partial charge in [-0.1, -0.05) is 48.0 Å². The van der Waals surface area contributed by atoms with Crippen molar-refractivity contribution in [3.63, 3.8) is 0 Å². The van der Waals surface area contributed by atoms with E-state index in [1.807, 2.05) is 37.3 Å². The van der Waals surface area contributed by atoms with Crippen LogP contribution in [0.1, 0.15) is 24.4 Å². The fourth-order valence-electron chi connectivity index (χ4n) is 3.55. The van der Waals surface area contributed by atoms with Gasteiger partial charge in [0.15, 0.2) is 5.82 Å². The quantitative estimate of drug-likeness (QED) is 0.646. The van der Waals surface area contributed by atoms with Gasteiger partial charge in [-0.25, -0.2) is 8.42 Å². The number of aryl methyl sites for hydroxylation is 1. The SMILES string of the molecule is Cc1ccc(S(=O)(=O)N2CCC(n3cnnc3-c3ccccc3)CC2)cc1Cl. The zero-order valence-electron chi connectivity index (χ0n) is 15.5. The number of sulfonamides is 1. The lowest BCUT2D eigenvalue weighted by Gasteiger charge is -2.32. The number of hydrogen-bond donors (Lipinski definition) is 0. The summed E-state index contributed by atoms with van der Waals surface area (Å²) in [6.07, 6.45) is 3.14. The largest absolute Gasteiger partial charge is 0.310 e. The van der Waals surface area contributed by atoms with Crippen LogP contribution in [0.25, 0.3) is 11.4 Å². The fraction of sp³-hybridized carbons (Fsp3) is 0.300. The third-order valence-electron chi connectivity index (χ3n) is 5.20. The normalized spacial score (nSPS) is 16.4.